The van der Waals surface area contributed by atoms with E-state index in [9.17, 15) is 9.90 Å². The van der Waals surface area contributed by atoms with E-state index in [2.05, 4.69) is 20.5 Å². The number of carbonyl (C=O) groups excluding carboxylic acids is 1. The van der Waals surface area contributed by atoms with Crippen LogP contribution in [0, 0.1) is 0 Å². The number of likely N-dealkylation sites (tertiary alicyclic amines) is 1. The minimum atomic E-state index is -0.927. The van der Waals surface area contributed by atoms with Crippen LogP contribution in [0.25, 0.3) is 0 Å². The van der Waals surface area contributed by atoms with E-state index in [4.69, 9.17) is 0 Å². The fourth-order valence-corrected chi connectivity index (χ4v) is 2.50. The minimum Gasteiger partial charge on any atom is -0.383 e. The maximum Gasteiger partial charge on any atom is 0.321 e. The average molecular weight is 287 g/mol. The Bertz CT molecular complexity index is 591. The number of carbonyl (C=O) groups is 1. The van der Waals surface area contributed by atoms with E-state index >= 15 is 0 Å². The molecule has 0 saturated carbocycles. The van der Waals surface area contributed by atoms with Crippen LogP contribution in [0.2, 0.25) is 0 Å². The highest BCUT2D eigenvalue weighted by molar-refractivity contribution is 5.89. The molecule has 1 saturated heterocycles. The van der Waals surface area contributed by atoms with Crippen LogP contribution in [-0.4, -0.2) is 44.3 Å². The standard InChI is InChI=1S/C14H17N5O2/c20-13(17-11-1-6-15-7-2-11)19-9-4-14(21,5-10-19)12-3-8-16-18-12/h1-3,6-8,21H,4-5,9-10H2,(H,16,18)(H,15,17,20). The van der Waals surface area contributed by atoms with Gasteiger partial charge in [-0.3, -0.25) is 10.1 Å². The van der Waals surface area contributed by atoms with Crippen molar-refractivity contribution in [3.8, 4) is 0 Å². The van der Waals surface area contributed by atoms with Gasteiger partial charge in [0.15, 0.2) is 0 Å². The van der Waals surface area contributed by atoms with Gasteiger partial charge in [-0.05, 0) is 31.0 Å². The second-order valence-electron chi connectivity index (χ2n) is 5.15. The summed E-state index contributed by atoms with van der Waals surface area (Å²) in [6, 6.07) is 5.09. The van der Waals surface area contributed by atoms with E-state index < -0.39 is 5.60 Å². The minimum absolute atomic E-state index is 0.159. The number of piperidine rings is 1. The van der Waals surface area contributed by atoms with Gasteiger partial charge in [0, 0.05) is 37.4 Å². The van der Waals surface area contributed by atoms with Crippen molar-refractivity contribution in [2.45, 2.75) is 18.4 Å². The number of nitrogens with zero attached hydrogens (tertiary/aromatic N) is 3. The number of hydrogen-bond donors (Lipinski definition) is 3. The lowest BCUT2D eigenvalue weighted by Crippen LogP contribution is -2.46. The number of H-pyrrole nitrogens is 1. The number of urea groups is 1. The molecule has 1 fully saturated rings. The summed E-state index contributed by atoms with van der Waals surface area (Å²) in [4.78, 5) is 17.8. The van der Waals surface area contributed by atoms with Crippen molar-refractivity contribution in [2.24, 2.45) is 0 Å². The maximum absolute atomic E-state index is 12.2. The molecule has 0 unspecified atom stereocenters. The number of hydrogen-bond acceptors (Lipinski definition) is 4. The summed E-state index contributed by atoms with van der Waals surface area (Å²) in [5.41, 5.74) is 0.491. The quantitative estimate of drug-likeness (QED) is 0.776. The van der Waals surface area contributed by atoms with E-state index in [0.29, 0.717) is 37.3 Å². The molecular weight excluding hydrogens is 270 g/mol. The van der Waals surface area contributed by atoms with Gasteiger partial charge in [0.2, 0.25) is 0 Å². The van der Waals surface area contributed by atoms with Crippen molar-refractivity contribution in [1.82, 2.24) is 20.1 Å². The Morgan fingerprint density at radius 3 is 2.57 bits per heavy atom. The number of aromatic nitrogens is 3. The number of pyridine rings is 1. The van der Waals surface area contributed by atoms with Gasteiger partial charge < -0.3 is 15.3 Å². The molecule has 0 aliphatic carbocycles. The van der Waals surface area contributed by atoms with Crippen molar-refractivity contribution in [3.05, 3.63) is 42.5 Å². The monoisotopic (exact) mass is 287 g/mol. The summed E-state index contributed by atoms with van der Waals surface area (Å²) in [5.74, 6) is 0. The third-order valence-corrected chi connectivity index (χ3v) is 3.81. The van der Waals surface area contributed by atoms with Crippen molar-refractivity contribution >= 4 is 11.7 Å². The topological polar surface area (TPSA) is 94.1 Å². The van der Waals surface area contributed by atoms with Gasteiger partial charge in [-0.15, -0.1) is 0 Å². The highest BCUT2D eigenvalue weighted by Crippen LogP contribution is 2.31. The van der Waals surface area contributed by atoms with Gasteiger partial charge in [-0.2, -0.15) is 5.10 Å². The van der Waals surface area contributed by atoms with Gasteiger partial charge in [0.1, 0.15) is 5.60 Å². The second-order valence-corrected chi connectivity index (χ2v) is 5.15. The summed E-state index contributed by atoms with van der Waals surface area (Å²) in [6.07, 6.45) is 5.85. The summed E-state index contributed by atoms with van der Waals surface area (Å²) in [5, 5.41) is 20.1. The predicted molar refractivity (Wildman–Crippen MR) is 76.5 cm³/mol. The molecule has 21 heavy (non-hydrogen) atoms. The van der Waals surface area contributed by atoms with Crippen molar-refractivity contribution in [1.29, 1.82) is 0 Å². The highest BCUT2D eigenvalue weighted by Gasteiger charge is 2.36. The summed E-state index contributed by atoms with van der Waals surface area (Å²) >= 11 is 0. The Kier molecular flexibility index (Phi) is 3.57. The van der Waals surface area contributed by atoms with Crippen molar-refractivity contribution < 1.29 is 9.90 Å². The van der Waals surface area contributed by atoms with Gasteiger partial charge in [0.05, 0.1) is 5.69 Å². The summed E-state index contributed by atoms with van der Waals surface area (Å²) in [7, 11) is 0. The fourth-order valence-electron chi connectivity index (χ4n) is 2.50. The van der Waals surface area contributed by atoms with Crippen LogP contribution < -0.4 is 5.32 Å². The molecule has 2 amide bonds. The SMILES string of the molecule is O=C(Nc1ccncc1)N1CCC(O)(c2ccn[nH]2)CC1. The largest absolute Gasteiger partial charge is 0.383 e. The molecule has 1 aliphatic heterocycles. The van der Waals surface area contributed by atoms with Gasteiger partial charge in [0.25, 0.3) is 0 Å². The Labute approximate surface area is 122 Å². The second kappa shape index (κ2) is 5.53. The van der Waals surface area contributed by atoms with Gasteiger partial charge in [-0.1, -0.05) is 0 Å². The number of amides is 2. The molecule has 0 aromatic carbocycles. The Morgan fingerprint density at radius 1 is 1.24 bits per heavy atom. The third-order valence-electron chi connectivity index (χ3n) is 3.81. The first-order chi connectivity index (χ1) is 10.2. The van der Waals surface area contributed by atoms with Crippen LogP contribution >= 0.6 is 0 Å². The molecule has 1 aliphatic rings. The van der Waals surface area contributed by atoms with E-state index in [1.807, 2.05) is 0 Å². The van der Waals surface area contributed by atoms with Crippen LogP contribution in [0.15, 0.2) is 36.8 Å². The van der Waals surface area contributed by atoms with Crippen LogP contribution in [-0.2, 0) is 5.60 Å². The van der Waals surface area contributed by atoms with Gasteiger partial charge >= 0.3 is 6.03 Å². The number of rotatable bonds is 2. The maximum atomic E-state index is 12.2. The molecule has 7 nitrogen and oxygen atoms in total. The van der Waals surface area contributed by atoms with Crippen molar-refractivity contribution in [3.63, 3.8) is 0 Å². The lowest BCUT2D eigenvalue weighted by Gasteiger charge is -2.37. The summed E-state index contributed by atoms with van der Waals surface area (Å²) in [6.45, 7) is 0.985. The lowest BCUT2D eigenvalue weighted by atomic mass is 9.88. The number of aromatic amines is 1. The lowest BCUT2D eigenvalue weighted by molar-refractivity contribution is -0.0193. The first-order valence-electron chi connectivity index (χ1n) is 6.86. The molecule has 7 heteroatoms. The molecule has 2 aromatic rings. The molecule has 3 heterocycles. The number of anilines is 1. The first kappa shape index (κ1) is 13.6. The normalized spacial score (nSPS) is 17.5. The van der Waals surface area contributed by atoms with Crippen LogP contribution in [0.5, 0.6) is 0 Å². The van der Waals surface area contributed by atoms with E-state index in [1.54, 1.807) is 41.7 Å². The number of nitrogens with one attached hydrogen (secondary N) is 2. The third kappa shape index (κ3) is 2.87. The molecule has 3 rings (SSSR count). The average Bonchev–Trinajstić information content (AvgIpc) is 3.04. The first-order valence-corrected chi connectivity index (χ1v) is 6.86. The Balaban J connectivity index is 1.59. The molecule has 0 atom stereocenters. The highest BCUT2D eigenvalue weighted by atomic mass is 16.3. The molecule has 2 aromatic heterocycles. The zero-order valence-corrected chi connectivity index (χ0v) is 11.5. The van der Waals surface area contributed by atoms with E-state index in [1.165, 1.54) is 0 Å². The van der Waals surface area contributed by atoms with Crippen LogP contribution in [0.4, 0.5) is 10.5 Å². The molecule has 110 valence electrons. The Morgan fingerprint density at radius 2 is 1.95 bits per heavy atom. The van der Waals surface area contributed by atoms with Crippen LogP contribution in [0.3, 0.4) is 0 Å². The number of aliphatic hydroxyl groups is 1. The van der Waals surface area contributed by atoms with Crippen LogP contribution in [0.1, 0.15) is 18.5 Å². The predicted octanol–water partition coefficient (Wildman–Crippen LogP) is 1.32. The molecular formula is C14H17N5O2. The molecule has 3 N–H and O–H groups in total. The fraction of sp³-hybridized carbons (Fsp3) is 0.357. The van der Waals surface area contributed by atoms with Crippen molar-refractivity contribution in [2.75, 3.05) is 18.4 Å². The molecule has 0 radical (unpaired) electrons. The van der Waals surface area contributed by atoms with E-state index in [-0.39, 0.29) is 6.03 Å². The van der Waals surface area contributed by atoms with Gasteiger partial charge in [-0.25, -0.2) is 4.79 Å². The summed E-state index contributed by atoms with van der Waals surface area (Å²) < 4.78 is 0. The molecule has 0 bridgehead atoms. The zero-order valence-electron chi connectivity index (χ0n) is 11.5. The molecule has 0 spiro atoms. The smallest absolute Gasteiger partial charge is 0.321 e. The zero-order chi connectivity index (χ0) is 14.7. The Hall–Kier alpha value is -2.41. The van der Waals surface area contributed by atoms with E-state index in [0.717, 1.165) is 0 Å².